The number of halogens is 6. The first-order chi connectivity index (χ1) is 13.8. The summed E-state index contributed by atoms with van der Waals surface area (Å²) in [6, 6.07) is 0. The number of carbonyl (C=O) groups excluding carboxylic acids is 2. The van der Waals surface area contributed by atoms with Crippen LogP contribution >= 0.6 is 7.60 Å². The van der Waals surface area contributed by atoms with Crippen molar-refractivity contribution in [1.29, 1.82) is 0 Å². The van der Waals surface area contributed by atoms with Gasteiger partial charge in [-0.25, -0.2) is 5.89 Å². The van der Waals surface area contributed by atoms with Crippen LogP contribution in [0.2, 0.25) is 1.41 Å². The molecule has 0 aromatic heterocycles. The average Bonchev–Trinajstić information content (AvgIpc) is 2.63. The van der Waals surface area contributed by atoms with Crippen molar-refractivity contribution in [3.8, 4) is 0 Å². The predicted molar refractivity (Wildman–Crippen MR) is 86.2 cm³/mol. The van der Waals surface area contributed by atoms with Crippen LogP contribution in [0.25, 0.3) is 0 Å². The van der Waals surface area contributed by atoms with Crippen LogP contribution in [0.5, 0.6) is 0 Å². The lowest BCUT2D eigenvalue weighted by molar-refractivity contribution is -0.173. The van der Waals surface area contributed by atoms with E-state index in [0.29, 0.717) is 0 Å². The van der Waals surface area contributed by atoms with Crippen LogP contribution in [0.15, 0.2) is 0 Å². The van der Waals surface area contributed by atoms with Gasteiger partial charge in [-0.1, -0.05) is 0 Å². The Hall–Kier alpha value is -1.41. The van der Waals surface area contributed by atoms with Gasteiger partial charge in [0, 0.05) is 13.1 Å². The summed E-state index contributed by atoms with van der Waals surface area (Å²) in [6.45, 7) is -1.02. The van der Waals surface area contributed by atoms with Gasteiger partial charge in [0.05, 0.1) is 13.2 Å². The number of unbranched alkanes of at least 4 members (excludes halogenated alkanes) is 2. The normalized spacial score (nSPS) is 13.1. The highest BCUT2D eigenvalue weighted by Crippen LogP contribution is 2.48. The number of rotatable bonds is 15. The highest BCUT2D eigenvalue weighted by atomic mass is 31.2. The molecule has 2 amide bonds. The van der Waals surface area contributed by atoms with Crippen molar-refractivity contribution in [2.24, 2.45) is 5.89 Å². The number of nitrogens with two attached hydrogens (primary N) is 1. The van der Waals surface area contributed by atoms with Gasteiger partial charge in [-0.3, -0.25) is 19.0 Å². The van der Waals surface area contributed by atoms with Crippen molar-refractivity contribution >= 4 is 19.4 Å². The third-order valence-corrected chi connectivity index (χ3v) is 4.62. The van der Waals surface area contributed by atoms with Crippen LogP contribution < -0.4 is 16.5 Å². The summed E-state index contributed by atoms with van der Waals surface area (Å²) in [6.07, 6.45) is -10.3. The van der Waals surface area contributed by atoms with Crippen LogP contribution in [0.3, 0.4) is 0 Å². The molecule has 0 aromatic carbocycles. The molecule has 0 unspecified atom stereocenters. The summed E-state index contributed by atoms with van der Waals surface area (Å²) < 4.78 is 101. The molecule has 0 fully saturated rings. The second kappa shape index (κ2) is 13.0. The van der Waals surface area contributed by atoms with Crippen molar-refractivity contribution < 1.29 is 55.8 Å². The number of alkyl halides is 6. The number of hydrogen-bond donors (Lipinski definition) is 3. The van der Waals surface area contributed by atoms with Crippen LogP contribution in [-0.4, -0.2) is 56.8 Å². The van der Waals surface area contributed by atoms with Crippen molar-refractivity contribution in [3.63, 3.8) is 0 Å². The first-order valence-corrected chi connectivity index (χ1v) is 9.91. The minimum atomic E-state index is -4.99. The number of carbonyl (C=O) groups is 2. The molecule has 0 radical (unpaired) electrons. The van der Waals surface area contributed by atoms with Crippen molar-refractivity contribution in [1.82, 2.24) is 10.6 Å². The summed E-state index contributed by atoms with van der Waals surface area (Å²) in [5, 5.41) is 3.29. The van der Waals surface area contributed by atoms with Crippen LogP contribution in [0, 0.1) is 0 Å². The van der Waals surface area contributed by atoms with Gasteiger partial charge < -0.3 is 19.7 Å². The first-order valence-electron chi connectivity index (χ1n) is 8.68. The highest BCUT2D eigenvalue weighted by Gasteiger charge is 2.38. The zero-order valence-corrected chi connectivity index (χ0v) is 15.9. The molecular weight excluding hydrogens is 439 g/mol. The maximum Gasteiger partial charge on any atom is 0.471 e. The maximum absolute atomic E-state index is 12.4. The largest absolute Gasteiger partial charge is 0.471 e. The third-order valence-electron chi connectivity index (χ3n) is 3.03. The summed E-state index contributed by atoms with van der Waals surface area (Å²) in [4.78, 5) is 25.6. The van der Waals surface area contributed by atoms with E-state index < -0.39 is 38.1 Å². The molecule has 0 saturated heterocycles. The predicted octanol–water partition coefficient (Wildman–Crippen LogP) is 1.98. The molecule has 0 aliphatic heterocycles. The molecule has 0 aliphatic rings. The fourth-order valence-corrected chi connectivity index (χ4v) is 2.85. The van der Waals surface area contributed by atoms with Crippen LogP contribution in [0.1, 0.15) is 25.7 Å². The number of amides is 2. The van der Waals surface area contributed by atoms with E-state index in [9.17, 15) is 40.5 Å². The molecule has 16 heteroatoms. The lowest BCUT2D eigenvalue weighted by atomic mass is 10.3. The van der Waals surface area contributed by atoms with E-state index in [1.54, 1.807) is 10.6 Å². The van der Waals surface area contributed by atoms with E-state index in [4.69, 9.17) is 10.5 Å². The summed E-state index contributed by atoms with van der Waals surface area (Å²) >= 11 is 0. The van der Waals surface area contributed by atoms with E-state index in [1.165, 1.54) is 5.89 Å². The van der Waals surface area contributed by atoms with Gasteiger partial charge in [-0.05, 0) is 25.7 Å². The molecule has 0 aromatic rings. The van der Waals surface area contributed by atoms with Crippen LogP contribution in [-0.2, 0) is 28.0 Å². The van der Waals surface area contributed by atoms with Gasteiger partial charge in [0.2, 0.25) is 0 Å². The minimum absolute atomic E-state index is 0.0816. The Balaban J connectivity index is 4.12. The summed E-state index contributed by atoms with van der Waals surface area (Å²) in [7, 11) is -3.86. The molecule has 0 saturated carbocycles. The zero-order valence-electron chi connectivity index (χ0n) is 16.0. The molecule has 4 N–H and O–H groups in total. The molecule has 0 spiro atoms. The van der Waals surface area contributed by atoms with Crippen LogP contribution in [0.4, 0.5) is 26.3 Å². The Labute approximate surface area is 163 Å². The number of hydrogen-bond acceptors (Lipinski definition) is 7. The van der Waals surface area contributed by atoms with Gasteiger partial charge >= 0.3 is 31.8 Å². The van der Waals surface area contributed by atoms with E-state index in [-0.39, 0.29) is 52.0 Å². The number of nitrogens with one attached hydrogen (secondary N) is 2. The smallest absolute Gasteiger partial charge is 0.348 e. The van der Waals surface area contributed by atoms with Gasteiger partial charge in [-0.2, -0.15) is 26.3 Å². The van der Waals surface area contributed by atoms with Gasteiger partial charge in [0.1, 0.15) is 0 Å². The quantitative estimate of drug-likeness (QED) is 0.147. The van der Waals surface area contributed by atoms with Crippen molar-refractivity contribution in [2.75, 3.05) is 32.7 Å². The maximum atomic E-state index is 12.4. The highest BCUT2D eigenvalue weighted by molar-refractivity contribution is 7.53. The Morgan fingerprint density at radius 1 is 0.862 bits per heavy atom. The second-order valence-corrected chi connectivity index (χ2v) is 7.47. The van der Waals surface area contributed by atoms with E-state index in [1.807, 2.05) is 0 Å². The molecule has 0 rings (SSSR count). The van der Waals surface area contributed by atoms with Gasteiger partial charge in [0.25, 0.3) is 0 Å². The monoisotopic (exact) mass is 462 g/mol. The van der Waals surface area contributed by atoms with Gasteiger partial charge in [-0.15, -0.1) is 0 Å². The molecule has 172 valence electrons. The molecule has 29 heavy (non-hydrogen) atoms. The fourth-order valence-electron chi connectivity index (χ4n) is 1.66. The third kappa shape index (κ3) is 13.4. The zero-order chi connectivity index (χ0) is 23.3. The summed E-state index contributed by atoms with van der Waals surface area (Å²) in [5.41, 5.74) is 0. The fraction of sp³-hybridized carbons (Fsp3) is 0.846. The molecular formula is C13H22F6N3O6P. The van der Waals surface area contributed by atoms with Gasteiger partial charge in [0.15, 0.2) is 7.76 Å². The Morgan fingerprint density at radius 3 is 1.62 bits per heavy atom. The lowest BCUT2D eigenvalue weighted by Crippen LogP contribution is -2.37. The second-order valence-electron chi connectivity index (χ2n) is 5.47. The van der Waals surface area contributed by atoms with E-state index >= 15 is 0 Å². The van der Waals surface area contributed by atoms with E-state index in [2.05, 4.69) is 4.84 Å². The molecule has 0 aliphatic carbocycles. The Kier molecular flexibility index (Phi) is 11.5. The Morgan fingerprint density at radius 2 is 1.28 bits per heavy atom. The molecule has 0 bridgehead atoms. The molecule has 0 heterocycles. The topological polar surface area (TPSA) is 129 Å². The van der Waals surface area contributed by atoms with Crippen molar-refractivity contribution in [3.05, 3.63) is 0 Å². The SMILES string of the molecule is [2H]NOCP(=O)(OCCCCNC(=O)C(F)(F)F)OCCCCNC(=O)C(F)(F)F. The first kappa shape index (κ1) is 25.6. The lowest BCUT2D eigenvalue weighted by Gasteiger charge is -2.17. The standard InChI is InChI=1S/C13H22F6N3O6P/c14-12(15,16)10(23)21-5-1-3-7-27-29(25,9-26-20)28-8-4-2-6-22-11(24)13(17,18)19/h1-9,20H2,(H,21,23)(H,22,24)/i20D. The minimum Gasteiger partial charge on any atom is -0.348 e. The molecule has 0 atom stereocenters. The Bertz CT molecular complexity index is 539. The molecule has 9 nitrogen and oxygen atoms in total. The van der Waals surface area contributed by atoms with Crippen molar-refractivity contribution in [2.45, 2.75) is 38.0 Å². The summed E-state index contributed by atoms with van der Waals surface area (Å²) in [5.74, 6) is -2.66. The van der Waals surface area contributed by atoms with E-state index in [0.717, 1.165) is 0 Å². The average molecular weight is 462 g/mol.